The second-order valence-electron chi connectivity index (χ2n) is 4.48. The van der Waals surface area contributed by atoms with Gasteiger partial charge in [-0.1, -0.05) is 15.9 Å². The van der Waals surface area contributed by atoms with Crippen molar-refractivity contribution in [3.8, 4) is 11.5 Å². The molecule has 0 aromatic heterocycles. The first-order chi connectivity index (χ1) is 9.08. The average Bonchev–Trinajstić information content (AvgIpc) is 2.37. The second kappa shape index (κ2) is 6.25. The van der Waals surface area contributed by atoms with Gasteiger partial charge in [-0.2, -0.15) is 0 Å². The molecule has 5 nitrogen and oxygen atoms in total. The molecule has 104 valence electrons. The number of hydrogen-bond acceptors (Lipinski definition) is 4. The van der Waals surface area contributed by atoms with Gasteiger partial charge in [0.2, 0.25) is 5.91 Å². The summed E-state index contributed by atoms with van der Waals surface area (Å²) in [4.78, 5) is 10.7. The van der Waals surface area contributed by atoms with Crippen LogP contribution in [0.5, 0.6) is 11.5 Å². The van der Waals surface area contributed by atoms with Crippen LogP contribution in [-0.2, 0) is 4.79 Å². The van der Waals surface area contributed by atoms with Gasteiger partial charge in [-0.15, -0.1) is 0 Å². The molecule has 1 aromatic carbocycles. The minimum Gasteiger partial charge on any atom is -0.486 e. The Balaban J connectivity index is 2.08. The number of nitrogens with two attached hydrogens (primary N) is 2. The molecule has 1 unspecified atom stereocenters. The smallest absolute Gasteiger partial charge is 0.217 e. The van der Waals surface area contributed by atoms with Gasteiger partial charge in [0.1, 0.15) is 13.2 Å². The van der Waals surface area contributed by atoms with Crippen molar-refractivity contribution in [2.24, 2.45) is 11.5 Å². The third-order valence-electron chi connectivity index (χ3n) is 3.00. The highest BCUT2D eigenvalue weighted by molar-refractivity contribution is 9.10. The summed E-state index contributed by atoms with van der Waals surface area (Å²) in [6.07, 6.45) is 1.73. The van der Waals surface area contributed by atoms with Crippen molar-refractivity contribution < 1.29 is 14.3 Å². The first-order valence-corrected chi connectivity index (χ1v) is 7.00. The Morgan fingerprint density at radius 3 is 2.58 bits per heavy atom. The van der Waals surface area contributed by atoms with Crippen molar-refractivity contribution in [3.05, 3.63) is 22.2 Å². The molecule has 2 rings (SSSR count). The monoisotopic (exact) mass is 328 g/mol. The van der Waals surface area contributed by atoms with Crippen LogP contribution in [0, 0.1) is 0 Å². The van der Waals surface area contributed by atoms with Gasteiger partial charge in [0.05, 0.1) is 0 Å². The van der Waals surface area contributed by atoms with Crippen molar-refractivity contribution in [1.29, 1.82) is 0 Å². The zero-order valence-corrected chi connectivity index (χ0v) is 12.1. The normalized spacial score (nSPS) is 15.1. The molecule has 19 heavy (non-hydrogen) atoms. The Labute approximate surface area is 120 Å². The molecule has 1 heterocycles. The van der Waals surface area contributed by atoms with E-state index in [-0.39, 0.29) is 11.9 Å². The third-order valence-corrected chi connectivity index (χ3v) is 3.69. The number of rotatable bonds is 5. The van der Waals surface area contributed by atoms with E-state index < -0.39 is 0 Å². The lowest BCUT2D eigenvalue weighted by Gasteiger charge is -2.22. The fourth-order valence-corrected chi connectivity index (χ4v) is 2.63. The summed E-state index contributed by atoms with van der Waals surface area (Å²) >= 11 is 3.49. The van der Waals surface area contributed by atoms with Crippen LogP contribution in [0.1, 0.15) is 30.9 Å². The second-order valence-corrected chi connectivity index (χ2v) is 5.34. The number of primary amides is 1. The van der Waals surface area contributed by atoms with E-state index in [4.69, 9.17) is 20.9 Å². The number of halogens is 1. The number of carbonyl (C=O) groups excluding carboxylic acids is 1. The number of amides is 1. The molecule has 0 spiro atoms. The fraction of sp³-hybridized carbons (Fsp3) is 0.462. The molecule has 1 aromatic rings. The van der Waals surface area contributed by atoms with E-state index >= 15 is 0 Å². The van der Waals surface area contributed by atoms with Crippen LogP contribution in [0.3, 0.4) is 0 Å². The molecule has 0 saturated carbocycles. The van der Waals surface area contributed by atoms with Crippen molar-refractivity contribution in [1.82, 2.24) is 0 Å². The lowest BCUT2D eigenvalue weighted by atomic mass is 10.0. The molecule has 1 amide bonds. The Kier molecular flexibility index (Phi) is 4.66. The Hall–Kier alpha value is -1.27. The third kappa shape index (κ3) is 3.61. The molecular formula is C13H17BrN2O3. The average molecular weight is 329 g/mol. The van der Waals surface area contributed by atoms with Gasteiger partial charge in [0.15, 0.2) is 11.5 Å². The van der Waals surface area contributed by atoms with E-state index in [9.17, 15) is 4.79 Å². The first kappa shape index (κ1) is 14.1. The molecule has 1 aliphatic rings. The number of hydrogen-bond donors (Lipinski definition) is 2. The van der Waals surface area contributed by atoms with E-state index in [1.54, 1.807) is 0 Å². The molecule has 6 heteroatoms. The lowest BCUT2D eigenvalue weighted by Crippen LogP contribution is -2.17. The maximum absolute atomic E-state index is 10.7. The summed E-state index contributed by atoms with van der Waals surface area (Å²) in [6.45, 7) is 1.11. The van der Waals surface area contributed by atoms with Crippen LogP contribution in [-0.4, -0.2) is 19.1 Å². The quantitative estimate of drug-likeness (QED) is 0.863. The Morgan fingerprint density at radius 1 is 1.32 bits per heavy atom. The number of fused-ring (bicyclic) bond motifs is 1. The van der Waals surface area contributed by atoms with Gasteiger partial charge in [-0.25, -0.2) is 0 Å². The van der Waals surface area contributed by atoms with Crippen LogP contribution in [0.25, 0.3) is 0 Å². The summed E-state index contributed by atoms with van der Waals surface area (Å²) in [6, 6.07) is 3.61. The van der Waals surface area contributed by atoms with Gasteiger partial charge in [-0.3, -0.25) is 4.79 Å². The molecule has 4 N–H and O–H groups in total. The lowest BCUT2D eigenvalue weighted by molar-refractivity contribution is -0.118. The molecular weight excluding hydrogens is 312 g/mol. The number of ether oxygens (including phenoxy) is 2. The summed E-state index contributed by atoms with van der Waals surface area (Å²) in [5.41, 5.74) is 12.2. The molecule has 0 radical (unpaired) electrons. The minimum absolute atomic E-state index is 0.162. The van der Waals surface area contributed by atoms with Crippen molar-refractivity contribution >= 4 is 21.8 Å². The zero-order valence-electron chi connectivity index (χ0n) is 10.5. The molecule has 1 aliphatic heterocycles. The van der Waals surface area contributed by atoms with Crippen molar-refractivity contribution in [2.45, 2.75) is 25.3 Å². The zero-order chi connectivity index (χ0) is 13.8. The number of carbonyl (C=O) groups is 1. The highest BCUT2D eigenvalue weighted by Gasteiger charge is 2.18. The predicted octanol–water partition coefficient (Wildman–Crippen LogP) is 1.88. The molecule has 0 bridgehead atoms. The van der Waals surface area contributed by atoms with Gasteiger partial charge < -0.3 is 20.9 Å². The van der Waals surface area contributed by atoms with Crippen LogP contribution in [0.4, 0.5) is 0 Å². The van der Waals surface area contributed by atoms with E-state index in [2.05, 4.69) is 15.9 Å². The molecule has 0 saturated heterocycles. The number of benzene rings is 1. The Bertz CT molecular complexity index is 479. The predicted molar refractivity (Wildman–Crippen MR) is 75.1 cm³/mol. The first-order valence-electron chi connectivity index (χ1n) is 6.21. The summed E-state index contributed by atoms with van der Waals surface area (Å²) < 4.78 is 11.9. The SMILES string of the molecule is NC(=O)CCCC(N)c1cc2c(cc1Br)OCCO2. The van der Waals surface area contributed by atoms with Crippen LogP contribution >= 0.6 is 15.9 Å². The summed E-state index contributed by atoms with van der Waals surface area (Å²) in [7, 11) is 0. The van der Waals surface area contributed by atoms with Crippen LogP contribution in [0.2, 0.25) is 0 Å². The van der Waals surface area contributed by atoms with Gasteiger partial charge in [-0.05, 0) is 30.5 Å². The topological polar surface area (TPSA) is 87.6 Å². The van der Waals surface area contributed by atoms with E-state index in [0.29, 0.717) is 32.5 Å². The minimum atomic E-state index is -0.298. The van der Waals surface area contributed by atoms with Crippen LogP contribution in [0.15, 0.2) is 16.6 Å². The highest BCUT2D eigenvalue weighted by atomic mass is 79.9. The summed E-state index contributed by atoms with van der Waals surface area (Å²) in [5, 5.41) is 0. The largest absolute Gasteiger partial charge is 0.486 e. The summed E-state index contributed by atoms with van der Waals surface area (Å²) in [5.74, 6) is 1.15. The molecule has 0 aliphatic carbocycles. The van der Waals surface area contributed by atoms with E-state index in [1.807, 2.05) is 12.1 Å². The van der Waals surface area contributed by atoms with Crippen LogP contribution < -0.4 is 20.9 Å². The maximum Gasteiger partial charge on any atom is 0.217 e. The maximum atomic E-state index is 10.7. The fourth-order valence-electron chi connectivity index (χ4n) is 2.02. The molecule has 0 fully saturated rings. The Morgan fingerprint density at radius 2 is 1.95 bits per heavy atom. The molecule has 1 atom stereocenters. The van der Waals surface area contributed by atoms with Gasteiger partial charge in [0.25, 0.3) is 0 Å². The van der Waals surface area contributed by atoms with E-state index in [0.717, 1.165) is 21.5 Å². The standard InChI is InChI=1S/C13H17BrN2O3/c14-9-7-12-11(18-4-5-19-12)6-8(9)10(15)2-1-3-13(16)17/h6-7,10H,1-5,15H2,(H2,16,17). The van der Waals surface area contributed by atoms with Gasteiger partial charge in [0, 0.05) is 16.9 Å². The van der Waals surface area contributed by atoms with E-state index in [1.165, 1.54) is 0 Å². The van der Waals surface area contributed by atoms with Crippen molar-refractivity contribution in [2.75, 3.05) is 13.2 Å². The van der Waals surface area contributed by atoms with Crippen molar-refractivity contribution in [3.63, 3.8) is 0 Å². The van der Waals surface area contributed by atoms with Gasteiger partial charge >= 0.3 is 0 Å². The highest BCUT2D eigenvalue weighted by Crippen LogP contribution is 2.38.